The van der Waals surface area contributed by atoms with Crippen molar-refractivity contribution in [2.75, 3.05) is 0 Å². The fourth-order valence-electron chi connectivity index (χ4n) is 1.43. The molecule has 84 valence electrons. The Kier molecular flexibility index (Phi) is 2.47. The highest BCUT2D eigenvalue weighted by molar-refractivity contribution is 6.31. The lowest BCUT2D eigenvalue weighted by atomic mass is 10.1. The van der Waals surface area contributed by atoms with Crippen LogP contribution in [0.25, 0.3) is 0 Å². The lowest BCUT2D eigenvalue weighted by Gasteiger charge is -2.12. The maximum absolute atomic E-state index is 13.5. The molecule has 6 heteroatoms. The molecule has 1 aromatic carbocycles. The largest absolute Gasteiger partial charge is 0.501 e. The van der Waals surface area contributed by atoms with E-state index in [0.29, 0.717) is 0 Å². The van der Waals surface area contributed by atoms with E-state index in [1.165, 1.54) is 12.1 Å². The Bertz CT molecular complexity index is 481. The third kappa shape index (κ3) is 1.49. The van der Waals surface area contributed by atoms with Gasteiger partial charge in [-0.1, -0.05) is 17.7 Å². The monoisotopic (exact) mass is 243 g/mol. The summed E-state index contributed by atoms with van der Waals surface area (Å²) in [4.78, 5) is 11.5. The predicted octanol–water partition coefficient (Wildman–Crippen LogP) is 1.81. The number of carbonyl (C=O) groups excluding carboxylic acids is 1. The fourth-order valence-corrected chi connectivity index (χ4v) is 1.70. The van der Waals surface area contributed by atoms with Gasteiger partial charge in [-0.05, 0) is 12.1 Å². The van der Waals surface area contributed by atoms with Crippen LogP contribution >= 0.6 is 11.6 Å². The van der Waals surface area contributed by atoms with Crippen LogP contribution in [-0.2, 0) is 9.53 Å². The highest BCUT2D eigenvalue weighted by atomic mass is 35.5. The number of ether oxygens (including phenoxy) is 1. The van der Waals surface area contributed by atoms with Gasteiger partial charge >= 0.3 is 0 Å². The van der Waals surface area contributed by atoms with Gasteiger partial charge in [-0.2, -0.15) is 0 Å². The van der Waals surface area contributed by atoms with E-state index in [2.05, 4.69) is 0 Å². The molecule has 0 radical (unpaired) electrons. The number of aliphatic hydroxyl groups excluding tert-OH is 1. The van der Waals surface area contributed by atoms with Crippen LogP contribution in [0.3, 0.4) is 0 Å². The van der Waals surface area contributed by atoms with Crippen molar-refractivity contribution in [2.24, 2.45) is 5.73 Å². The van der Waals surface area contributed by atoms with Gasteiger partial charge in [-0.25, -0.2) is 4.39 Å². The number of Topliss-reactive ketones (excluding diaryl/α,β-unsaturated/α-hetero) is 1. The first kappa shape index (κ1) is 10.8. The lowest BCUT2D eigenvalue weighted by Crippen LogP contribution is -2.12. The summed E-state index contributed by atoms with van der Waals surface area (Å²) in [6.45, 7) is 0. The molecule has 0 fully saturated rings. The minimum absolute atomic E-state index is 0.0425. The summed E-state index contributed by atoms with van der Waals surface area (Å²) in [5, 5.41) is 9.24. The second kappa shape index (κ2) is 3.68. The van der Waals surface area contributed by atoms with Crippen molar-refractivity contribution in [1.82, 2.24) is 0 Å². The smallest absolute Gasteiger partial charge is 0.247 e. The molecule has 1 aliphatic heterocycles. The molecule has 1 unspecified atom stereocenters. The quantitative estimate of drug-likeness (QED) is 0.789. The zero-order chi connectivity index (χ0) is 11.9. The van der Waals surface area contributed by atoms with E-state index in [4.69, 9.17) is 22.1 Å². The second-order valence-corrected chi connectivity index (χ2v) is 3.62. The lowest BCUT2D eigenvalue weighted by molar-refractivity contribution is -0.123. The first-order valence-corrected chi connectivity index (χ1v) is 4.73. The van der Waals surface area contributed by atoms with Crippen molar-refractivity contribution in [2.45, 2.75) is 6.10 Å². The Morgan fingerprint density at radius 2 is 2.19 bits per heavy atom. The van der Waals surface area contributed by atoms with Crippen LogP contribution in [-0.4, -0.2) is 10.9 Å². The molecule has 0 aliphatic carbocycles. The number of halogens is 2. The van der Waals surface area contributed by atoms with Crippen LogP contribution in [0.2, 0.25) is 5.02 Å². The number of hydrogen-bond donors (Lipinski definition) is 2. The Hall–Kier alpha value is -1.75. The van der Waals surface area contributed by atoms with Gasteiger partial charge in [0.25, 0.3) is 0 Å². The minimum Gasteiger partial charge on any atom is -0.501 e. The topological polar surface area (TPSA) is 72.5 Å². The molecule has 0 saturated heterocycles. The van der Waals surface area contributed by atoms with Crippen LogP contribution < -0.4 is 5.73 Å². The molecule has 1 aliphatic rings. The number of hydrogen-bond acceptors (Lipinski definition) is 4. The predicted molar refractivity (Wildman–Crippen MR) is 54.1 cm³/mol. The van der Waals surface area contributed by atoms with Gasteiger partial charge in [0, 0.05) is 0 Å². The van der Waals surface area contributed by atoms with E-state index in [-0.39, 0.29) is 10.6 Å². The molecule has 1 atom stereocenters. The van der Waals surface area contributed by atoms with Gasteiger partial charge in [0.15, 0.2) is 6.10 Å². The molecular weight excluding hydrogens is 237 g/mol. The summed E-state index contributed by atoms with van der Waals surface area (Å²) in [7, 11) is 0. The third-order valence-electron chi connectivity index (χ3n) is 2.21. The normalized spacial score (nSPS) is 20.1. The summed E-state index contributed by atoms with van der Waals surface area (Å²) in [5.74, 6) is -2.61. The molecular formula is C10H7ClFNO3. The molecule has 0 saturated carbocycles. The maximum Gasteiger partial charge on any atom is 0.247 e. The Labute approximate surface area is 95.1 Å². The number of nitrogens with two attached hydrogens (primary N) is 1. The van der Waals surface area contributed by atoms with E-state index in [1.54, 1.807) is 0 Å². The average Bonchev–Trinajstić information content (AvgIpc) is 2.47. The zero-order valence-electron chi connectivity index (χ0n) is 7.91. The fraction of sp³-hybridized carbons (Fsp3) is 0.100. The molecule has 4 nitrogen and oxygen atoms in total. The average molecular weight is 244 g/mol. The molecule has 2 rings (SSSR count). The minimum atomic E-state index is -1.31. The molecule has 0 bridgehead atoms. The standard InChI is InChI=1S/C10H7ClFNO3/c11-4-2-1-3-5(12)6(4)9-7(14)8(15)10(13)16-9/h1-3,9,15H,13H2. The zero-order valence-corrected chi connectivity index (χ0v) is 8.66. The molecule has 0 aromatic heterocycles. The molecule has 1 aromatic rings. The van der Waals surface area contributed by atoms with Crippen LogP contribution in [0.1, 0.15) is 11.7 Å². The van der Waals surface area contributed by atoms with Crippen molar-refractivity contribution in [3.63, 3.8) is 0 Å². The van der Waals surface area contributed by atoms with Crippen molar-refractivity contribution < 1.29 is 19.0 Å². The van der Waals surface area contributed by atoms with Crippen LogP contribution in [0.15, 0.2) is 29.8 Å². The first-order chi connectivity index (χ1) is 7.52. The van der Waals surface area contributed by atoms with Gasteiger partial charge in [0.1, 0.15) is 5.82 Å². The summed E-state index contributed by atoms with van der Waals surface area (Å²) in [6.07, 6.45) is -1.31. The number of rotatable bonds is 1. The second-order valence-electron chi connectivity index (χ2n) is 3.21. The molecule has 1 heterocycles. The van der Waals surface area contributed by atoms with Crippen molar-refractivity contribution in [3.8, 4) is 0 Å². The van der Waals surface area contributed by atoms with E-state index >= 15 is 0 Å². The highest BCUT2D eigenvalue weighted by Gasteiger charge is 2.38. The molecule has 3 N–H and O–H groups in total. The van der Waals surface area contributed by atoms with Gasteiger partial charge in [-0.15, -0.1) is 0 Å². The summed E-state index contributed by atoms with van der Waals surface area (Å²) in [6, 6.07) is 3.96. The summed E-state index contributed by atoms with van der Waals surface area (Å²) >= 11 is 5.76. The Morgan fingerprint density at radius 3 is 2.69 bits per heavy atom. The van der Waals surface area contributed by atoms with Crippen LogP contribution in [0.4, 0.5) is 4.39 Å². The van der Waals surface area contributed by atoms with Crippen molar-refractivity contribution in [3.05, 3.63) is 46.2 Å². The number of aliphatic hydroxyl groups is 1. The molecule has 0 amide bonds. The van der Waals surface area contributed by atoms with Crippen molar-refractivity contribution >= 4 is 17.4 Å². The van der Waals surface area contributed by atoms with Gasteiger partial charge in [0.2, 0.25) is 17.4 Å². The molecule has 0 spiro atoms. The van der Waals surface area contributed by atoms with Gasteiger partial charge < -0.3 is 15.6 Å². The Morgan fingerprint density at radius 1 is 1.50 bits per heavy atom. The SMILES string of the molecule is NC1=C(O)C(=O)C(c2c(F)cccc2Cl)O1. The van der Waals surface area contributed by atoms with Gasteiger partial charge in [0.05, 0.1) is 10.6 Å². The van der Waals surface area contributed by atoms with Crippen LogP contribution in [0.5, 0.6) is 0 Å². The highest BCUT2D eigenvalue weighted by Crippen LogP contribution is 2.35. The first-order valence-electron chi connectivity index (χ1n) is 4.36. The summed E-state index contributed by atoms with van der Waals surface area (Å²) < 4.78 is 18.3. The third-order valence-corrected chi connectivity index (χ3v) is 2.54. The van der Waals surface area contributed by atoms with Gasteiger partial charge in [-0.3, -0.25) is 4.79 Å². The van der Waals surface area contributed by atoms with Crippen LogP contribution in [0, 0.1) is 5.82 Å². The van der Waals surface area contributed by atoms with E-state index in [1.807, 2.05) is 0 Å². The number of carbonyl (C=O) groups is 1. The van der Waals surface area contributed by atoms with Crippen molar-refractivity contribution in [1.29, 1.82) is 0 Å². The van der Waals surface area contributed by atoms with E-state index in [9.17, 15) is 14.3 Å². The van der Waals surface area contributed by atoms with E-state index in [0.717, 1.165) is 6.07 Å². The maximum atomic E-state index is 13.5. The Balaban J connectivity index is 2.46. The number of benzene rings is 1. The van der Waals surface area contributed by atoms with E-state index < -0.39 is 29.3 Å². The molecule has 16 heavy (non-hydrogen) atoms. The summed E-state index contributed by atoms with van der Waals surface area (Å²) in [5.41, 5.74) is 5.09. The number of ketones is 1.